The lowest BCUT2D eigenvalue weighted by molar-refractivity contribution is -0.118. The van der Waals surface area contributed by atoms with Gasteiger partial charge in [-0.25, -0.2) is 4.79 Å². The Balaban J connectivity index is 1.52. The number of benzene rings is 1. The lowest BCUT2D eigenvalue weighted by Crippen LogP contribution is -2.20. The molecule has 2 N–H and O–H groups in total. The molecular weight excluding hydrogens is 334 g/mol. The molecule has 3 aliphatic carbocycles. The quantitative estimate of drug-likeness (QED) is 0.878. The van der Waals surface area contributed by atoms with Crippen LogP contribution in [0.1, 0.15) is 29.6 Å². The van der Waals surface area contributed by atoms with E-state index in [2.05, 4.69) is 21.2 Å². The third kappa shape index (κ3) is 2.01. The second-order valence-corrected chi connectivity index (χ2v) is 7.41. The van der Waals surface area contributed by atoms with Crippen molar-refractivity contribution in [3.05, 3.63) is 28.2 Å². The van der Waals surface area contributed by atoms with Crippen molar-refractivity contribution in [2.75, 3.05) is 5.32 Å². The maximum Gasteiger partial charge on any atom is 0.337 e. The van der Waals surface area contributed by atoms with Crippen molar-refractivity contribution < 1.29 is 14.7 Å². The molecule has 3 saturated carbocycles. The summed E-state index contributed by atoms with van der Waals surface area (Å²) < 4.78 is 0.694. The molecule has 1 amide bonds. The van der Waals surface area contributed by atoms with Crippen molar-refractivity contribution in [3.63, 3.8) is 0 Å². The second kappa shape index (κ2) is 4.57. The zero-order valence-corrected chi connectivity index (χ0v) is 13.0. The number of carbonyl (C=O) groups excluding carboxylic acids is 1. The molecule has 3 aliphatic rings. The van der Waals surface area contributed by atoms with Crippen LogP contribution in [-0.4, -0.2) is 17.0 Å². The van der Waals surface area contributed by atoms with Crippen molar-refractivity contribution >= 4 is 33.5 Å². The van der Waals surface area contributed by atoms with E-state index in [0.29, 0.717) is 22.0 Å². The summed E-state index contributed by atoms with van der Waals surface area (Å²) in [6, 6.07) is 4.92. The van der Waals surface area contributed by atoms with Crippen molar-refractivity contribution in [1.82, 2.24) is 0 Å². The van der Waals surface area contributed by atoms with Gasteiger partial charge in [0, 0.05) is 10.4 Å². The molecule has 1 aromatic rings. The maximum absolute atomic E-state index is 12.5. The van der Waals surface area contributed by atoms with Gasteiger partial charge in [-0.2, -0.15) is 0 Å². The first-order valence-electron chi connectivity index (χ1n) is 7.40. The van der Waals surface area contributed by atoms with Gasteiger partial charge < -0.3 is 10.4 Å². The molecule has 0 saturated heterocycles. The predicted molar refractivity (Wildman–Crippen MR) is 81.0 cm³/mol. The number of amides is 1. The summed E-state index contributed by atoms with van der Waals surface area (Å²) in [6.45, 7) is 0. The van der Waals surface area contributed by atoms with E-state index in [-0.39, 0.29) is 17.4 Å². The van der Waals surface area contributed by atoms with Gasteiger partial charge in [0.15, 0.2) is 0 Å². The standard InChI is InChI=1S/C16H16BrNO3/c17-9-3-4-11(10(6-9)16(20)21)18-15(19)14-12-7-1-2-8(5-7)13(12)14/h3-4,6-8,12-14H,1-2,5H2,(H,18,19)(H,20,21). The largest absolute Gasteiger partial charge is 0.478 e. The van der Waals surface area contributed by atoms with Gasteiger partial charge in [0.1, 0.15) is 0 Å². The summed E-state index contributed by atoms with van der Waals surface area (Å²) in [7, 11) is 0. The SMILES string of the molecule is O=C(O)c1cc(Br)ccc1NC(=O)C1C2C3CCC(C3)C12. The van der Waals surface area contributed by atoms with E-state index in [9.17, 15) is 14.7 Å². The van der Waals surface area contributed by atoms with Gasteiger partial charge in [0.2, 0.25) is 5.91 Å². The number of halogens is 1. The zero-order chi connectivity index (χ0) is 14.7. The van der Waals surface area contributed by atoms with Crippen LogP contribution in [0.5, 0.6) is 0 Å². The third-order valence-corrected chi connectivity index (χ3v) is 6.00. The minimum Gasteiger partial charge on any atom is -0.478 e. The molecule has 5 heteroatoms. The summed E-state index contributed by atoms with van der Waals surface area (Å²) in [5.41, 5.74) is 0.527. The summed E-state index contributed by atoms with van der Waals surface area (Å²) in [6.07, 6.45) is 3.85. The lowest BCUT2D eigenvalue weighted by atomic mass is 10.0. The average Bonchev–Trinajstić information content (AvgIpc) is 2.89. The van der Waals surface area contributed by atoms with Crippen molar-refractivity contribution in [2.24, 2.45) is 29.6 Å². The van der Waals surface area contributed by atoms with E-state index in [0.717, 1.165) is 11.8 Å². The number of carbonyl (C=O) groups is 2. The van der Waals surface area contributed by atoms with E-state index >= 15 is 0 Å². The van der Waals surface area contributed by atoms with E-state index in [1.54, 1.807) is 12.1 Å². The van der Waals surface area contributed by atoms with Crippen LogP contribution in [0.3, 0.4) is 0 Å². The van der Waals surface area contributed by atoms with Gasteiger partial charge in [-0.05, 0) is 61.1 Å². The lowest BCUT2D eigenvalue weighted by Gasteiger charge is -2.11. The number of hydrogen-bond donors (Lipinski definition) is 2. The molecule has 1 aromatic carbocycles. The Bertz CT molecular complexity index is 628. The molecule has 4 nitrogen and oxygen atoms in total. The highest BCUT2D eigenvalue weighted by atomic mass is 79.9. The summed E-state index contributed by atoms with van der Waals surface area (Å²) in [5, 5.41) is 12.1. The third-order valence-electron chi connectivity index (χ3n) is 5.51. The Morgan fingerprint density at radius 3 is 2.48 bits per heavy atom. The van der Waals surface area contributed by atoms with Gasteiger partial charge in [-0.15, -0.1) is 0 Å². The normalized spacial score (nSPS) is 35.4. The Hall–Kier alpha value is -1.36. The number of nitrogens with one attached hydrogen (secondary N) is 1. The van der Waals surface area contributed by atoms with E-state index < -0.39 is 5.97 Å². The van der Waals surface area contributed by atoms with Crippen LogP contribution >= 0.6 is 15.9 Å². The topological polar surface area (TPSA) is 66.4 Å². The first kappa shape index (κ1) is 13.3. The number of rotatable bonds is 3. The molecule has 0 heterocycles. The number of carboxylic acids is 1. The van der Waals surface area contributed by atoms with Crippen LogP contribution in [0.25, 0.3) is 0 Å². The van der Waals surface area contributed by atoms with Crippen molar-refractivity contribution in [3.8, 4) is 0 Å². The van der Waals surface area contributed by atoms with Crippen LogP contribution in [0.4, 0.5) is 5.69 Å². The fourth-order valence-electron chi connectivity index (χ4n) is 4.69. The smallest absolute Gasteiger partial charge is 0.337 e. The minimum atomic E-state index is -1.03. The Kier molecular flexibility index (Phi) is 2.89. The predicted octanol–water partition coefficient (Wildman–Crippen LogP) is 3.38. The van der Waals surface area contributed by atoms with Crippen molar-refractivity contribution in [1.29, 1.82) is 0 Å². The highest BCUT2D eigenvalue weighted by Gasteiger charge is 2.67. The first-order valence-corrected chi connectivity index (χ1v) is 8.19. The minimum absolute atomic E-state index is 0.00595. The maximum atomic E-state index is 12.5. The average molecular weight is 350 g/mol. The highest BCUT2D eigenvalue weighted by molar-refractivity contribution is 9.10. The Morgan fingerprint density at radius 2 is 1.86 bits per heavy atom. The van der Waals surface area contributed by atoms with Crippen LogP contribution in [-0.2, 0) is 4.79 Å². The Morgan fingerprint density at radius 1 is 1.19 bits per heavy atom. The molecule has 4 rings (SSSR count). The molecule has 0 aromatic heterocycles. The number of hydrogen-bond acceptors (Lipinski definition) is 2. The van der Waals surface area contributed by atoms with Gasteiger partial charge in [-0.1, -0.05) is 15.9 Å². The monoisotopic (exact) mass is 349 g/mol. The fourth-order valence-corrected chi connectivity index (χ4v) is 5.06. The van der Waals surface area contributed by atoms with Crippen LogP contribution < -0.4 is 5.32 Å². The molecule has 2 bridgehead atoms. The fraction of sp³-hybridized carbons (Fsp3) is 0.500. The second-order valence-electron chi connectivity index (χ2n) is 6.50. The molecule has 4 atom stereocenters. The Labute approximate surface area is 131 Å². The summed E-state index contributed by atoms with van der Waals surface area (Å²) in [4.78, 5) is 23.7. The number of carboxylic acid groups (broad SMARTS) is 1. The van der Waals surface area contributed by atoms with Gasteiger partial charge in [0.25, 0.3) is 0 Å². The van der Waals surface area contributed by atoms with E-state index in [4.69, 9.17) is 0 Å². The molecular formula is C16H16BrNO3. The van der Waals surface area contributed by atoms with Gasteiger partial charge in [0.05, 0.1) is 11.3 Å². The molecule has 0 spiro atoms. The van der Waals surface area contributed by atoms with Crippen LogP contribution in [0.2, 0.25) is 0 Å². The van der Waals surface area contributed by atoms with Crippen LogP contribution in [0.15, 0.2) is 22.7 Å². The van der Waals surface area contributed by atoms with E-state index in [1.807, 2.05) is 0 Å². The summed E-state index contributed by atoms with van der Waals surface area (Å²) in [5.74, 6) is 1.69. The van der Waals surface area contributed by atoms with E-state index in [1.165, 1.54) is 25.3 Å². The zero-order valence-electron chi connectivity index (χ0n) is 11.4. The van der Waals surface area contributed by atoms with Gasteiger partial charge >= 0.3 is 5.97 Å². The molecule has 110 valence electrons. The number of fused-ring (bicyclic) bond motifs is 5. The van der Waals surface area contributed by atoms with Crippen molar-refractivity contribution in [2.45, 2.75) is 19.3 Å². The molecule has 3 fully saturated rings. The molecule has 0 aliphatic heterocycles. The first-order chi connectivity index (χ1) is 10.1. The number of anilines is 1. The molecule has 4 unspecified atom stereocenters. The number of aromatic carboxylic acids is 1. The highest BCUT2D eigenvalue weighted by Crippen LogP contribution is 2.69. The van der Waals surface area contributed by atoms with Crippen LogP contribution in [0, 0.1) is 29.6 Å². The summed E-state index contributed by atoms with van der Waals surface area (Å²) >= 11 is 3.26. The molecule has 0 radical (unpaired) electrons. The molecule has 21 heavy (non-hydrogen) atoms. The van der Waals surface area contributed by atoms with Gasteiger partial charge in [-0.3, -0.25) is 4.79 Å².